The minimum absolute atomic E-state index is 0.0239. The zero-order chi connectivity index (χ0) is 19.8. The number of hydrogen-bond donors (Lipinski definition) is 1. The Bertz CT molecular complexity index is 1020. The van der Waals surface area contributed by atoms with Gasteiger partial charge in [0.2, 0.25) is 0 Å². The van der Waals surface area contributed by atoms with Crippen molar-refractivity contribution in [2.24, 2.45) is 0 Å². The molecule has 1 aromatic heterocycles. The van der Waals surface area contributed by atoms with Crippen LogP contribution < -0.4 is 9.88 Å². The van der Waals surface area contributed by atoms with Crippen LogP contribution >= 0.6 is 0 Å². The first-order valence-corrected chi connectivity index (χ1v) is 9.99. The lowest BCUT2D eigenvalue weighted by molar-refractivity contribution is -0.690. The van der Waals surface area contributed by atoms with Crippen molar-refractivity contribution in [2.45, 2.75) is 53.6 Å². The molecule has 0 fully saturated rings. The number of imidazole rings is 1. The average molecular weight is 375 g/mol. The van der Waals surface area contributed by atoms with Crippen LogP contribution in [0.25, 0.3) is 11.3 Å². The topological polar surface area (TPSA) is 37.9 Å². The number of amides is 1. The summed E-state index contributed by atoms with van der Waals surface area (Å²) in [4.78, 5) is 12.8. The SMILES string of the molecule is Cc1ccc(-c2c[n+](CC(=O)Nc3c(C)cc(C)cc3C)c3n2CCC3)cc1. The highest BCUT2D eigenvalue weighted by molar-refractivity contribution is 5.91. The molecule has 3 aromatic rings. The van der Waals surface area contributed by atoms with Gasteiger partial charge in [-0.15, -0.1) is 0 Å². The Morgan fingerprint density at radius 3 is 2.39 bits per heavy atom. The van der Waals surface area contributed by atoms with Crippen LogP contribution in [0.5, 0.6) is 0 Å². The zero-order valence-electron chi connectivity index (χ0n) is 17.2. The number of benzene rings is 2. The molecule has 0 radical (unpaired) electrons. The quantitative estimate of drug-likeness (QED) is 0.681. The fourth-order valence-electron chi connectivity index (χ4n) is 4.31. The molecule has 0 aliphatic carbocycles. The van der Waals surface area contributed by atoms with E-state index in [0.29, 0.717) is 6.54 Å². The van der Waals surface area contributed by atoms with E-state index in [4.69, 9.17) is 0 Å². The van der Waals surface area contributed by atoms with E-state index in [0.717, 1.165) is 36.2 Å². The molecular weight excluding hydrogens is 346 g/mol. The van der Waals surface area contributed by atoms with Gasteiger partial charge in [0.05, 0.1) is 13.0 Å². The van der Waals surface area contributed by atoms with E-state index >= 15 is 0 Å². The van der Waals surface area contributed by atoms with Crippen LogP contribution in [0.3, 0.4) is 0 Å². The molecule has 0 saturated heterocycles. The maximum Gasteiger partial charge on any atom is 0.266 e. The van der Waals surface area contributed by atoms with E-state index in [-0.39, 0.29) is 5.91 Å². The van der Waals surface area contributed by atoms with Gasteiger partial charge in [-0.3, -0.25) is 4.79 Å². The molecule has 1 N–H and O–H groups in total. The van der Waals surface area contributed by atoms with Gasteiger partial charge in [-0.25, -0.2) is 9.13 Å². The van der Waals surface area contributed by atoms with Crippen LogP contribution in [-0.2, 0) is 24.3 Å². The summed E-state index contributed by atoms with van der Waals surface area (Å²) in [7, 11) is 0. The summed E-state index contributed by atoms with van der Waals surface area (Å²) < 4.78 is 4.48. The number of aryl methyl sites for hydroxylation is 4. The van der Waals surface area contributed by atoms with Gasteiger partial charge < -0.3 is 5.32 Å². The number of anilines is 1. The molecule has 1 amide bonds. The normalized spacial score (nSPS) is 12.9. The minimum atomic E-state index is 0.0239. The van der Waals surface area contributed by atoms with Crippen LogP contribution in [0.1, 0.15) is 34.5 Å². The molecule has 4 nitrogen and oxygen atoms in total. The Hall–Kier alpha value is -2.88. The van der Waals surface area contributed by atoms with Crippen molar-refractivity contribution < 1.29 is 9.36 Å². The molecule has 0 unspecified atom stereocenters. The second-order valence-corrected chi connectivity index (χ2v) is 8.00. The molecular formula is C24H28N3O+. The maximum atomic E-state index is 12.8. The van der Waals surface area contributed by atoms with Gasteiger partial charge in [-0.05, 0) is 45.2 Å². The highest BCUT2D eigenvalue weighted by atomic mass is 16.1. The predicted molar refractivity (Wildman–Crippen MR) is 112 cm³/mol. The van der Waals surface area contributed by atoms with Crippen molar-refractivity contribution in [1.82, 2.24) is 4.57 Å². The minimum Gasteiger partial charge on any atom is -0.322 e. The monoisotopic (exact) mass is 374 g/mol. The number of carbonyl (C=O) groups excluding carboxylic acids is 1. The lowest BCUT2D eigenvalue weighted by Crippen LogP contribution is -2.42. The summed E-state index contributed by atoms with van der Waals surface area (Å²) in [5, 5.41) is 3.13. The highest BCUT2D eigenvalue weighted by Crippen LogP contribution is 2.25. The fraction of sp³-hybridized carbons (Fsp3) is 0.333. The van der Waals surface area contributed by atoms with Crippen LogP contribution in [0.4, 0.5) is 5.69 Å². The van der Waals surface area contributed by atoms with Crippen molar-refractivity contribution >= 4 is 11.6 Å². The molecule has 2 heterocycles. The van der Waals surface area contributed by atoms with E-state index in [1.54, 1.807) is 0 Å². The first kappa shape index (κ1) is 18.5. The average Bonchev–Trinajstić information content (AvgIpc) is 3.23. The lowest BCUT2D eigenvalue weighted by Gasteiger charge is -2.12. The smallest absolute Gasteiger partial charge is 0.266 e. The summed E-state index contributed by atoms with van der Waals surface area (Å²) in [6, 6.07) is 12.8. The van der Waals surface area contributed by atoms with Crippen LogP contribution in [0, 0.1) is 27.7 Å². The number of hydrogen-bond acceptors (Lipinski definition) is 1. The predicted octanol–water partition coefficient (Wildman–Crippen LogP) is 4.26. The highest BCUT2D eigenvalue weighted by Gasteiger charge is 2.29. The van der Waals surface area contributed by atoms with E-state index in [1.165, 1.54) is 28.2 Å². The Kier molecular flexibility index (Phi) is 4.80. The van der Waals surface area contributed by atoms with Crippen LogP contribution in [-0.4, -0.2) is 10.5 Å². The number of nitrogens with zero attached hydrogens (tertiary/aromatic N) is 2. The van der Waals surface area contributed by atoms with Gasteiger partial charge in [0.15, 0.2) is 12.2 Å². The number of rotatable bonds is 4. The van der Waals surface area contributed by atoms with Crippen molar-refractivity contribution in [2.75, 3.05) is 5.32 Å². The third-order valence-corrected chi connectivity index (χ3v) is 5.60. The molecule has 0 saturated carbocycles. The van der Waals surface area contributed by atoms with Crippen molar-refractivity contribution in [3.8, 4) is 11.3 Å². The van der Waals surface area contributed by atoms with Gasteiger partial charge in [-0.1, -0.05) is 47.5 Å². The summed E-state index contributed by atoms with van der Waals surface area (Å²) >= 11 is 0. The Labute approximate surface area is 166 Å². The second-order valence-electron chi connectivity index (χ2n) is 8.00. The second kappa shape index (κ2) is 7.27. The number of carbonyl (C=O) groups is 1. The number of fused-ring (bicyclic) bond motifs is 1. The van der Waals surface area contributed by atoms with Crippen molar-refractivity contribution in [1.29, 1.82) is 0 Å². The molecule has 144 valence electrons. The van der Waals surface area contributed by atoms with Crippen molar-refractivity contribution in [3.63, 3.8) is 0 Å². The van der Waals surface area contributed by atoms with Gasteiger partial charge in [0, 0.05) is 11.3 Å². The van der Waals surface area contributed by atoms with Crippen LogP contribution in [0.2, 0.25) is 0 Å². The number of aromatic nitrogens is 2. The van der Waals surface area contributed by atoms with E-state index in [2.05, 4.69) is 70.9 Å². The molecule has 4 heteroatoms. The Balaban J connectivity index is 1.60. The van der Waals surface area contributed by atoms with Crippen molar-refractivity contribution in [3.05, 3.63) is 70.7 Å². The largest absolute Gasteiger partial charge is 0.322 e. The van der Waals surface area contributed by atoms with Gasteiger partial charge in [-0.2, -0.15) is 0 Å². The summed E-state index contributed by atoms with van der Waals surface area (Å²) in [6.45, 7) is 9.64. The summed E-state index contributed by atoms with van der Waals surface area (Å²) in [5.74, 6) is 1.26. The molecule has 1 aliphatic rings. The Morgan fingerprint density at radius 2 is 1.71 bits per heavy atom. The molecule has 0 spiro atoms. The van der Waals surface area contributed by atoms with E-state index in [9.17, 15) is 4.79 Å². The number of nitrogens with one attached hydrogen (secondary N) is 1. The van der Waals surface area contributed by atoms with Gasteiger partial charge >= 0.3 is 0 Å². The zero-order valence-corrected chi connectivity index (χ0v) is 17.2. The van der Waals surface area contributed by atoms with Crippen LogP contribution in [0.15, 0.2) is 42.6 Å². The van der Waals surface area contributed by atoms with E-state index in [1.807, 2.05) is 13.8 Å². The third kappa shape index (κ3) is 3.47. The first-order chi connectivity index (χ1) is 13.4. The molecule has 1 aliphatic heterocycles. The maximum absolute atomic E-state index is 12.8. The fourth-order valence-corrected chi connectivity index (χ4v) is 4.31. The molecule has 4 rings (SSSR count). The molecule has 0 bridgehead atoms. The third-order valence-electron chi connectivity index (χ3n) is 5.60. The summed E-state index contributed by atoms with van der Waals surface area (Å²) in [5.41, 5.74) is 8.03. The van der Waals surface area contributed by atoms with E-state index < -0.39 is 0 Å². The lowest BCUT2D eigenvalue weighted by atomic mass is 10.1. The molecule has 28 heavy (non-hydrogen) atoms. The standard InChI is InChI=1S/C24H27N3O/c1-16-7-9-20(10-8-16)21-14-26(23-6-5-11-27(21)23)15-22(28)25-24-18(3)12-17(2)13-19(24)4/h7-10,12-14H,5-6,11,15H2,1-4H3/p+1. The summed E-state index contributed by atoms with van der Waals surface area (Å²) in [6.07, 6.45) is 4.28. The first-order valence-electron chi connectivity index (χ1n) is 9.99. The molecule has 0 atom stereocenters. The van der Waals surface area contributed by atoms with Gasteiger partial charge in [0.1, 0.15) is 6.20 Å². The van der Waals surface area contributed by atoms with Gasteiger partial charge in [0.25, 0.3) is 11.7 Å². The molecule has 2 aromatic carbocycles. The Morgan fingerprint density at radius 1 is 1.04 bits per heavy atom.